The van der Waals surface area contributed by atoms with E-state index in [0.29, 0.717) is 32.7 Å². The molecule has 0 amide bonds. The van der Waals surface area contributed by atoms with E-state index in [1.807, 2.05) is 18.2 Å². The second-order valence-electron chi connectivity index (χ2n) is 6.27. The Morgan fingerprint density at radius 3 is 2.61 bits per heavy atom. The predicted octanol–water partition coefficient (Wildman–Crippen LogP) is 3.62. The first-order valence-corrected chi connectivity index (χ1v) is 9.18. The molecule has 2 aromatic carbocycles. The van der Waals surface area contributed by atoms with E-state index in [1.54, 1.807) is 24.3 Å². The molecule has 0 N–H and O–H groups in total. The molecule has 1 aromatic heterocycles. The quantitative estimate of drug-likeness (QED) is 0.600. The van der Waals surface area contributed by atoms with Crippen molar-refractivity contribution in [1.82, 2.24) is 9.13 Å². The number of benzene rings is 2. The topological polar surface area (TPSA) is 65.6 Å². The molecule has 0 spiro atoms. The molecule has 0 unspecified atom stereocenters. The van der Waals surface area contributed by atoms with Crippen molar-refractivity contribution in [3.63, 3.8) is 0 Å². The van der Waals surface area contributed by atoms with E-state index >= 15 is 0 Å². The van der Waals surface area contributed by atoms with Gasteiger partial charge in [-0.25, -0.2) is 9.59 Å². The highest BCUT2D eigenvalue weighted by Gasteiger charge is 2.29. The Balaban J connectivity index is 2.07. The molecular formula is C20H15Cl2N3O3. The maximum Gasteiger partial charge on any atom is 0.356 e. The number of ether oxygens (including phenoxy) is 1. The van der Waals surface area contributed by atoms with E-state index in [0.717, 1.165) is 5.56 Å². The van der Waals surface area contributed by atoms with Crippen molar-refractivity contribution in [2.24, 2.45) is 12.0 Å². The van der Waals surface area contributed by atoms with Gasteiger partial charge in [0.25, 0.3) is 0 Å². The molecule has 0 saturated carbocycles. The average molecular weight is 416 g/mol. The summed E-state index contributed by atoms with van der Waals surface area (Å²) in [5.41, 5.74) is 2.80. The van der Waals surface area contributed by atoms with E-state index < -0.39 is 5.97 Å². The van der Waals surface area contributed by atoms with Gasteiger partial charge in [0, 0.05) is 28.2 Å². The van der Waals surface area contributed by atoms with Gasteiger partial charge in [0.1, 0.15) is 0 Å². The molecule has 1 aliphatic rings. The lowest BCUT2D eigenvalue weighted by atomic mass is 10.0. The first-order valence-electron chi connectivity index (χ1n) is 8.42. The largest absolute Gasteiger partial charge is 0.464 e. The van der Waals surface area contributed by atoms with Crippen LogP contribution in [0.15, 0.2) is 52.3 Å². The fourth-order valence-corrected chi connectivity index (χ4v) is 3.82. The van der Waals surface area contributed by atoms with Gasteiger partial charge < -0.3 is 4.74 Å². The third-order valence-corrected chi connectivity index (χ3v) is 5.27. The number of aromatic nitrogens is 2. The van der Waals surface area contributed by atoms with Gasteiger partial charge in [-0.15, -0.1) is 0 Å². The molecule has 142 valence electrons. The molecule has 1 aliphatic heterocycles. The van der Waals surface area contributed by atoms with Crippen LogP contribution in [0.2, 0.25) is 10.0 Å². The highest BCUT2D eigenvalue weighted by Crippen LogP contribution is 2.30. The van der Waals surface area contributed by atoms with E-state index in [2.05, 4.69) is 0 Å². The van der Waals surface area contributed by atoms with E-state index in [4.69, 9.17) is 32.9 Å². The van der Waals surface area contributed by atoms with Crippen molar-refractivity contribution in [2.75, 3.05) is 7.11 Å². The van der Waals surface area contributed by atoms with E-state index in [9.17, 15) is 9.59 Å². The molecule has 0 saturated heterocycles. The minimum absolute atomic E-state index is 0.105. The summed E-state index contributed by atoms with van der Waals surface area (Å²) in [5.74, 6) is -0.597. The monoisotopic (exact) mass is 415 g/mol. The van der Waals surface area contributed by atoms with Crippen LogP contribution in [-0.4, -0.2) is 27.9 Å². The van der Waals surface area contributed by atoms with E-state index in [1.165, 1.54) is 23.3 Å². The van der Waals surface area contributed by atoms with Gasteiger partial charge in [-0.05, 0) is 24.3 Å². The van der Waals surface area contributed by atoms with Crippen LogP contribution in [-0.2, 0) is 18.3 Å². The highest BCUT2D eigenvalue weighted by atomic mass is 35.5. The molecule has 0 bridgehead atoms. The minimum Gasteiger partial charge on any atom is -0.464 e. The van der Waals surface area contributed by atoms with Crippen LogP contribution in [0.5, 0.6) is 0 Å². The SMILES string of the molecule is COC(=O)c1c2n(c(=O)n1C)-c1ccc(Cl)cc1C(c1ccccc1Cl)=NC2. The molecule has 0 aliphatic carbocycles. The Morgan fingerprint density at radius 2 is 1.89 bits per heavy atom. The number of hydrogen-bond donors (Lipinski definition) is 0. The number of hydrogen-bond acceptors (Lipinski definition) is 4. The maximum absolute atomic E-state index is 13.0. The third kappa shape index (κ3) is 2.77. The molecule has 28 heavy (non-hydrogen) atoms. The van der Waals surface area contributed by atoms with Gasteiger partial charge in [0.05, 0.1) is 30.7 Å². The van der Waals surface area contributed by atoms with Gasteiger partial charge in [0.2, 0.25) is 0 Å². The number of methoxy groups -OCH3 is 1. The van der Waals surface area contributed by atoms with Crippen molar-refractivity contribution in [3.05, 3.63) is 85.5 Å². The Labute approximate surface area is 170 Å². The molecule has 0 fully saturated rings. The fraction of sp³-hybridized carbons (Fsp3) is 0.150. The second kappa shape index (κ2) is 6.96. The maximum atomic E-state index is 13.0. The predicted molar refractivity (Wildman–Crippen MR) is 108 cm³/mol. The summed E-state index contributed by atoms with van der Waals surface area (Å²) in [6.07, 6.45) is 0. The number of nitrogens with zero attached hydrogens (tertiary/aromatic N) is 3. The summed E-state index contributed by atoms with van der Waals surface area (Å²) in [5, 5.41) is 1.03. The summed E-state index contributed by atoms with van der Waals surface area (Å²) in [6.45, 7) is 0.105. The van der Waals surface area contributed by atoms with Crippen molar-refractivity contribution in [1.29, 1.82) is 0 Å². The molecule has 2 heterocycles. The normalized spacial score (nSPS) is 12.6. The smallest absolute Gasteiger partial charge is 0.356 e. The number of aliphatic imine (C=N–C) groups is 1. The fourth-order valence-electron chi connectivity index (χ4n) is 3.42. The summed E-state index contributed by atoms with van der Waals surface area (Å²) >= 11 is 12.6. The number of imidazole rings is 1. The Hall–Kier alpha value is -2.83. The number of halogens is 2. The number of esters is 1. The van der Waals surface area contributed by atoms with Crippen molar-refractivity contribution in [3.8, 4) is 5.69 Å². The first-order chi connectivity index (χ1) is 13.4. The van der Waals surface area contributed by atoms with Gasteiger partial charge in [-0.3, -0.25) is 14.1 Å². The van der Waals surface area contributed by atoms with Crippen molar-refractivity contribution in [2.45, 2.75) is 6.54 Å². The van der Waals surface area contributed by atoms with Crippen LogP contribution in [0.25, 0.3) is 5.69 Å². The molecule has 0 radical (unpaired) electrons. The average Bonchev–Trinajstić information content (AvgIpc) is 2.83. The molecule has 8 heteroatoms. The molecule has 3 aromatic rings. The highest BCUT2D eigenvalue weighted by molar-refractivity contribution is 6.36. The first kappa shape index (κ1) is 18.5. The van der Waals surface area contributed by atoms with Crippen LogP contribution < -0.4 is 5.69 Å². The van der Waals surface area contributed by atoms with Crippen molar-refractivity contribution < 1.29 is 9.53 Å². The lowest BCUT2D eigenvalue weighted by molar-refractivity contribution is 0.0588. The lowest BCUT2D eigenvalue weighted by Gasteiger charge is -2.12. The summed E-state index contributed by atoms with van der Waals surface area (Å²) in [4.78, 5) is 30.0. The van der Waals surface area contributed by atoms with Crippen LogP contribution in [0.1, 0.15) is 27.3 Å². The summed E-state index contributed by atoms with van der Waals surface area (Å²) in [6, 6.07) is 12.5. The lowest BCUT2D eigenvalue weighted by Crippen LogP contribution is -2.24. The molecule has 0 atom stereocenters. The second-order valence-corrected chi connectivity index (χ2v) is 7.11. The van der Waals surface area contributed by atoms with Crippen molar-refractivity contribution >= 4 is 34.9 Å². The molecule has 6 nitrogen and oxygen atoms in total. The van der Waals surface area contributed by atoms with E-state index in [-0.39, 0.29) is 17.9 Å². The number of fused-ring (bicyclic) bond motifs is 3. The summed E-state index contributed by atoms with van der Waals surface area (Å²) in [7, 11) is 2.81. The van der Waals surface area contributed by atoms with Crippen LogP contribution in [0, 0.1) is 0 Å². The minimum atomic E-state index is -0.597. The van der Waals surface area contributed by atoms with Gasteiger partial charge in [0.15, 0.2) is 5.69 Å². The zero-order chi connectivity index (χ0) is 20.0. The van der Waals surface area contributed by atoms with Gasteiger partial charge >= 0.3 is 11.7 Å². The molecule has 4 rings (SSSR count). The third-order valence-electron chi connectivity index (χ3n) is 4.71. The van der Waals surface area contributed by atoms with Gasteiger partial charge in [-0.2, -0.15) is 0 Å². The van der Waals surface area contributed by atoms with Gasteiger partial charge in [-0.1, -0.05) is 41.4 Å². The Bertz CT molecular complexity index is 1210. The molecular weight excluding hydrogens is 401 g/mol. The van der Waals surface area contributed by atoms with Crippen LogP contribution in [0.3, 0.4) is 0 Å². The zero-order valence-corrected chi connectivity index (χ0v) is 16.6. The summed E-state index contributed by atoms with van der Waals surface area (Å²) < 4.78 is 7.62. The standard InChI is InChI=1S/C20H15Cl2N3O3/c1-24-18(19(26)28-2)16-10-23-17(12-5-3-4-6-14(12)22)13-9-11(21)7-8-15(13)25(16)20(24)27/h3-9H,10H2,1-2H3. The Kier molecular flexibility index (Phi) is 4.61. The number of carbonyl (C=O) groups excluding carboxylic acids is 1. The number of rotatable bonds is 2. The number of carbonyl (C=O) groups is 1. The zero-order valence-electron chi connectivity index (χ0n) is 15.1. The Morgan fingerprint density at radius 1 is 1.14 bits per heavy atom. The van der Waals surface area contributed by atoms with Crippen LogP contribution >= 0.6 is 23.2 Å². The van der Waals surface area contributed by atoms with Crippen LogP contribution in [0.4, 0.5) is 0 Å².